The van der Waals surface area contributed by atoms with E-state index in [0.717, 1.165) is 31.7 Å². The van der Waals surface area contributed by atoms with Crippen LogP contribution < -0.4 is 4.90 Å². The van der Waals surface area contributed by atoms with Gasteiger partial charge in [0.1, 0.15) is 0 Å². The largest absolute Gasteiger partial charge is 0.345 e. The molecule has 2 heterocycles. The van der Waals surface area contributed by atoms with Crippen LogP contribution in [-0.4, -0.2) is 43.1 Å². The fourth-order valence-corrected chi connectivity index (χ4v) is 3.16. The standard InChI is InChI=1S/C13H17N3S/c1-10-3-4-12-11(9-10)14-13(17-12)16-7-5-15(2)6-8-16/h3-4,9H,5-8H2,1-2H3. The van der Waals surface area contributed by atoms with E-state index in [0.29, 0.717) is 0 Å². The molecule has 0 spiro atoms. The predicted molar refractivity (Wildman–Crippen MR) is 74.1 cm³/mol. The summed E-state index contributed by atoms with van der Waals surface area (Å²) in [5.74, 6) is 0. The lowest BCUT2D eigenvalue weighted by atomic mass is 10.2. The number of likely N-dealkylation sites (N-methyl/N-ethyl adjacent to an activating group) is 1. The van der Waals surface area contributed by atoms with Gasteiger partial charge >= 0.3 is 0 Å². The van der Waals surface area contributed by atoms with Crippen molar-refractivity contribution in [2.24, 2.45) is 0 Å². The van der Waals surface area contributed by atoms with Gasteiger partial charge in [0.25, 0.3) is 0 Å². The Balaban J connectivity index is 1.90. The highest BCUT2D eigenvalue weighted by atomic mass is 32.1. The van der Waals surface area contributed by atoms with Gasteiger partial charge in [-0.15, -0.1) is 0 Å². The summed E-state index contributed by atoms with van der Waals surface area (Å²) in [6.45, 7) is 6.57. The Bertz CT molecular complexity index is 526. The number of fused-ring (bicyclic) bond motifs is 1. The van der Waals surface area contributed by atoms with E-state index in [2.05, 4.69) is 42.0 Å². The second-order valence-corrected chi connectivity index (χ2v) is 5.77. The minimum absolute atomic E-state index is 1.09. The number of benzene rings is 1. The minimum atomic E-state index is 1.09. The van der Waals surface area contributed by atoms with E-state index in [4.69, 9.17) is 4.98 Å². The number of hydrogen-bond donors (Lipinski definition) is 0. The van der Waals surface area contributed by atoms with Gasteiger partial charge in [-0.1, -0.05) is 17.4 Å². The van der Waals surface area contributed by atoms with Gasteiger partial charge in [-0.3, -0.25) is 0 Å². The molecule has 4 heteroatoms. The maximum absolute atomic E-state index is 4.75. The molecule has 1 aromatic carbocycles. The Morgan fingerprint density at radius 2 is 1.94 bits per heavy atom. The lowest BCUT2D eigenvalue weighted by molar-refractivity contribution is 0.313. The first kappa shape index (κ1) is 11.0. The summed E-state index contributed by atoms with van der Waals surface area (Å²) in [7, 11) is 2.18. The second kappa shape index (κ2) is 4.27. The van der Waals surface area contributed by atoms with Crippen LogP contribution in [0, 0.1) is 6.92 Å². The Labute approximate surface area is 106 Å². The summed E-state index contributed by atoms with van der Waals surface area (Å²) in [5, 5.41) is 1.18. The molecule has 0 saturated carbocycles. The van der Waals surface area contributed by atoms with Crippen LogP contribution >= 0.6 is 11.3 Å². The SMILES string of the molecule is Cc1ccc2sc(N3CCN(C)CC3)nc2c1. The Hall–Kier alpha value is -1.13. The zero-order chi connectivity index (χ0) is 11.8. The molecule has 3 rings (SSSR count). The fraction of sp³-hybridized carbons (Fsp3) is 0.462. The molecule has 1 saturated heterocycles. The van der Waals surface area contributed by atoms with Crippen molar-refractivity contribution in [2.45, 2.75) is 6.92 Å². The molecule has 0 unspecified atom stereocenters. The van der Waals surface area contributed by atoms with Gasteiger partial charge < -0.3 is 9.80 Å². The van der Waals surface area contributed by atoms with E-state index in [1.807, 2.05) is 11.3 Å². The number of aryl methyl sites for hydroxylation is 1. The summed E-state index contributed by atoms with van der Waals surface area (Å²) in [6, 6.07) is 6.52. The maximum Gasteiger partial charge on any atom is 0.186 e. The molecule has 0 aliphatic carbocycles. The lowest BCUT2D eigenvalue weighted by Gasteiger charge is -2.32. The first-order valence-corrected chi connectivity index (χ1v) is 6.85. The number of thiazole rings is 1. The molecule has 1 aliphatic heterocycles. The molecule has 17 heavy (non-hydrogen) atoms. The molecule has 0 atom stereocenters. The van der Waals surface area contributed by atoms with E-state index in [9.17, 15) is 0 Å². The number of nitrogens with zero attached hydrogens (tertiary/aromatic N) is 3. The van der Waals surface area contributed by atoms with Crippen LogP contribution in [0.15, 0.2) is 18.2 Å². The third-order valence-electron chi connectivity index (χ3n) is 3.31. The average Bonchev–Trinajstić information content (AvgIpc) is 2.72. The highest BCUT2D eigenvalue weighted by Crippen LogP contribution is 2.29. The van der Waals surface area contributed by atoms with Crippen molar-refractivity contribution in [3.8, 4) is 0 Å². The smallest absolute Gasteiger partial charge is 0.186 e. The third kappa shape index (κ3) is 2.15. The maximum atomic E-state index is 4.75. The topological polar surface area (TPSA) is 19.4 Å². The van der Waals surface area contributed by atoms with Crippen LogP contribution in [0.5, 0.6) is 0 Å². The molecule has 0 amide bonds. The van der Waals surface area contributed by atoms with Crippen molar-refractivity contribution in [2.75, 3.05) is 38.1 Å². The number of hydrogen-bond acceptors (Lipinski definition) is 4. The van der Waals surface area contributed by atoms with Crippen LogP contribution in [0.3, 0.4) is 0 Å². The molecule has 1 aromatic heterocycles. The normalized spacial score (nSPS) is 17.9. The number of anilines is 1. The number of piperazine rings is 1. The molecule has 3 nitrogen and oxygen atoms in total. The van der Waals surface area contributed by atoms with Crippen LogP contribution in [0.2, 0.25) is 0 Å². The second-order valence-electron chi connectivity index (χ2n) is 4.76. The van der Waals surface area contributed by atoms with Gasteiger partial charge in [-0.25, -0.2) is 4.98 Å². The summed E-state index contributed by atoms with van der Waals surface area (Å²) >= 11 is 1.81. The quantitative estimate of drug-likeness (QED) is 0.771. The van der Waals surface area contributed by atoms with Crippen molar-refractivity contribution in [3.05, 3.63) is 23.8 Å². The number of rotatable bonds is 1. The Morgan fingerprint density at radius 3 is 2.71 bits per heavy atom. The van der Waals surface area contributed by atoms with E-state index < -0.39 is 0 Å². The van der Waals surface area contributed by atoms with Crippen LogP contribution in [0.4, 0.5) is 5.13 Å². The van der Waals surface area contributed by atoms with Gasteiger partial charge in [-0.05, 0) is 31.7 Å². The van der Waals surface area contributed by atoms with Gasteiger partial charge in [-0.2, -0.15) is 0 Å². The minimum Gasteiger partial charge on any atom is -0.345 e. The van der Waals surface area contributed by atoms with Crippen molar-refractivity contribution in [3.63, 3.8) is 0 Å². The molecule has 1 aliphatic rings. The summed E-state index contributed by atoms with van der Waals surface area (Å²) in [6.07, 6.45) is 0. The average molecular weight is 247 g/mol. The summed E-state index contributed by atoms with van der Waals surface area (Å²) < 4.78 is 1.30. The monoisotopic (exact) mass is 247 g/mol. The zero-order valence-corrected chi connectivity index (χ0v) is 11.1. The van der Waals surface area contributed by atoms with Crippen molar-refractivity contribution in [1.82, 2.24) is 9.88 Å². The molecule has 2 aromatic rings. The van der Waals surface area contributed by atoms with E-state index in [1.54, 1.807) is 0 Å². The van der Waals surface area contributed by atoms with Crippen LogP contribution in [0.25, 0.3) is 10.2 Å². The molecule has 0 N–H and O–H groups in total. The van der Waals surface area contributed by atoms with Gasteiger partial charge in [0, 0.05) is 26.2 Å². The fourth-order valence-electron chi connectivity index (χ4n) is 2.16. The first-order chi connectivity index (χ1) is 8.22. The third-order valence-corrected chi connectivity index (χ3v) is 4.40. The van der Waals surface area contributed by atoms with E-state index in [-0.39, 0.29) is 0 Å². The molecule has 0 radical (unpaired) electrons. The van der Waals surface area contributed by atoms with Gasteiger partial charge in [0.15, 0.2) is 5.13 Å². The van der Waals surface area contributed by atoms with E-state index in [1.165, 1.54) is 15.4 Å². The predicted octanol–water partition coefficient (Wildman–Crippen LogP) is 2.36. The van der Waals surface area contributed by atoms with Crippen LogP contribution in [-0.2, 0) is 0 Å². The van der Waals surface area contributed by atoms with Crippen molar-refractivity contribution in [1.29, 1.82) is 0 Å². The van der Waals surface area contributed by atoms with Crippen molar-refractivity contribution < 1.29 is 0 Å². The molecule has 90 valence electrons. The van der Waals surface area contributed by atoms with Gasteiger partial charge in [0.05, 0.1) is 10.2 Å². The van der Waals surface area contributed by atoms with Crippen molar-refractivity contribution >= 4 is 26.7 Å². The molecule has 1 fully saturated rings. The highest BCUT2D eigenvalue weighted by molar-refractivity contribution is 7.22. The lowest BCUT2D eigenvalue weighted by Crippen LogP contribution is -2.44. The summed E-state index contributed by atoms with van der Waals surface area (Å²) in [5.41, 5.74) is 2.43. The highest BCUT2D eigenvalue weighted by Gasteiger charge is 2.17. The molecule has 0 bridgehead atoms. The molecular weight excluding hydrogens is 230 g/mol. The first-order valence-electron chi connectivity index (χ1n) is 6.03. The van der Waals surface area contributed by atoms with E-state index >= 15 is 0 Å². The molecular formula is C13H17N3S. The Kier molecular flexibility index (Phi) is 2.76. The van der Waals surface area contributed by atoms with Gasteiger partial charge in [0.2, 0.25) is 0 Å². The summed E-state index contributed by atoms with van der Waals surface area (Å²) in [4.78, 5) is 9.52. The van der Waals surface area contributed by atoms with Crippen LogP contribution in [0.1, 0.15) is 5.56 Å². The number of aromatic nitrogens is 1. The zero-order valence-electron chi connectivity index (χ0n) is 10.3. The Morgan fingerprint density at radius 1 is 1.18 bits per heavy atom.